The van der Waals surface area contributed by atoms with Gasteiger partial charge in [0.25, 0.3) is 0 Å². The van der Waals surface area contributed by atoms with Crippen molar-refractivity contribution in [3.05, 3.63) is 30.1 Å². The Morgan fingerprint density at radius 2 is 2.33 bits per heavy atom. The number of nitrogens with one attached hydrogen (secondary N) is 1. The quantitative estimate of drug-likeness (QED) is 0.901. The van der Waals surface area contributed by atoms with Crippen molar-refractivity contribution in [3.63, 3.8) is 0 Å². The van der Waals surface area contributed by atoms with E-state index in [4.69, 9.17) is 0 Å². The number of fused-ring (bicyclic) bond motifs is 1. The standard InChI is InChI=1S/C14H18FN3/c1-18-13-7-3-2-5-12(13)17-14(18)9-10(15)11-6-4-8-16-11/h2-3,5,7,10-11,16H,4,6,8-9H2,1H3. The average molecular weight is 247 g/mol. The van der Waals surface area contributed by atoms with Crippen molar-refractivity contribution >= 4 is 11.0 Å². The summed E-state index contributed by atoms with van der Waals surface area (Å²) in [5.74, 6) is 0.831. The molecule has 0 aliphatic carbocycles. The van der Waals surface area contributed by atoms with Gasteiger partial charge in [0.2, 0.25) is 0 Å². The van der Waals surface area contributed by atoms with Crippen LogP contribution in [-0.4, -0.2) is 28.3 Å². The first-order valence-electron chi connectivity index (χ1n) is 6.53. The van der Waals surface area contributed by atoms with E-state index in [1.54, 1.807) is 0 Å². The van der Waals surface area contributed by atoms with E-state index in [2.05, 4.69) is 10.3 Å². The first kappa shape index (κ1) is 11.7. The van der Waals surface area contributed by atoms with Crippen LogP contribution in [0, 0.1) is 0 Å². The Labute approximate surface area is 106 Å². The monoisotopic (exact) mass is 247 g/mol. The fourth-order valence-electron chi connectivity index (χ4n) is 2.71. The van der Waals surface area contributed by atoms with Gasteiger partial charge in [0, 0.05) is 19.5 Å². The molecule has 2 unspecified atom stereocenters. The molecule has 2 heterocycles. The number of nitrogens with zero attached hydrogens (tertiary/aromatic N) is 2. The van der Waals surface area contributed by atoms with Crippen LogP contribution in [0.4, 0.5) is 4.39 Å². The number of aromatic nitrogens is 2. The van der Waals surface area contributed by atoms with Gasteiger partial charge in [-0.05, 0) is 31.5 Å². The topological polar surface area (TPSA) is 29.9 Å². The van der Waals surface area contributed by atoms with E-state index in [1.165, 1.54) is 0 Å². The van der Waals surface area contributed by atoms with Crippen molar-refractivity contribution in [2.24, 2.45) is 7.05 Å². The molecule has 1 fully saturated rings. The second kappa shape index (κ2) is 4.69. The van der Waals surface area contributed by atoms with Crippen molar-refractivity contribution in [2.75, 3.05) is 6.54 Å². The summed E-state index contributed by atoms with van der Waals surface area (Å²) >= 11 is 0. The maximum Gasteiger partial charge on any atom is 0.122 e. The Hall–Kier alpha value is -1.42. The molecule has 0 bridgehead atoms. The van der Waals surface area contributed by atoms with Crippen LogP contribution < -0.4 is 5.32 Å². The number of alkyl halides is 1. The summed E-state index contributed by atoms with van der Waals surface area (Å²) in [7, 11) is 1.96. The Morgan fingerprint density at radius 3 is 3.06 bits per heavy atom. The predicted molar refractivity (Wildman–Crippen MR) is 70.3 cm³/mol. The zero-order valence-electron chi connectivity index (χ0n) is 10.6. The van der Waals surface area contributed by atoms with Crippen molar-refractivity contribution in [2.45, 2.75) is 31.5 Å². The third-order valence-corrected chi connectivity index (χ3v) is 3.79. The molecule has 1 saturated heterocycles. The third kappa shape index (κ3) is 2.01. The lowest BCUT2D eigenvalue weighted by molar-refractivity contribution is 0.259. The number of benzene rings is 1. The molecule has 0 saturated carbocycles. The third-order valence-electron chi connectivity index (χ3n) is 3.79. The molecule has 1 aromatic heterocycles. The fraction of sp³-hybridized carbons (Fsp3) is 0.500. The van der Waals surface area contributed by atoms with Gasteiger partial charge >= 0.3 is 0 Å². The van der Waals surface area contributed by atoms with Crippen LogP contribution in [0.15, 0.2) is 24.3 Å². The Balaban J connectivity index is 1.83. The highest BCUT2D eigenvalue weighted by Crippen LogP contribution is 2.19. The lowest BCUT2D eigenvalue weighted by Crippen LogP contribution is -2.33. The maximum atomic E-state index is 14.2. The van der Waals surface area contributed by atoms with Crippen LogP contribution in [0.25, 0.3) is 11.0 Å². The Kier molecular flexibility index (Phi) is 3.04. The smallest absolute Gasteiger partial charge is 0.122 e. The molecule has 3 rings (SSSR count). The first-order valence-corrected chi connectivity index (χ1v) is 6.53. The maximum absolute atomic E-state index is 14.2. The van der Waals surface area contributed by atoms with Crippen molar-refractivity contribution in [1.82, 2.24) is 14.9 Å². The molecule has 4 heteroatoms. The Bertz CT molecular complexity index is 543. The molecule has 0 radical (unpaired) electrons. The van der Waals surface area contributed by atoms with Crippen LogP contribution in [0.2, 0.25) is 0 Å². The van der Waals surface area contributed by atoms with E-state index in [9.17, 15) is 4.39 Å². The van der Waals surface area contributed by atoms with Crippen LogP contribution in [0.5, 0.6) is 0 Å². The van der Waals surface area contributed by atoms with Gasteiger partial charge in [-0.15, -0.1) is 0 Å². The van der Waals surface area contributed by atoms with Crippen LogP contribution in [-0.2, 0) is 13.5 Å². The average Bonchev–Trinajstić information content (AvgIpc) is 3.00. The first-order chi connectivity index (χ1) is 8.75. The number of aryl methyl sites for hydroxylation is 1. The van der Waals surface area contributed by atoms with Crippen molar-refractivity contribution in [3.8, 4) is 0 Å². The summed E-state index contributed by atoms with van der Waals surface area (Å²) in [6.45, 7) is 0.938. The number of imidazole rings is 1. The number of hydrogen-bond acceptors (Lipinski definition) is 2. The summed E-state index contributed by atoms with van der Waals surface area (Å²) in [6, 6.07) is 7.95. The van der Waals surface area contributed by atoms with Crippen molar-refractivity contribution in [1.29, 1.82) is 0 Å². The van der Waals surface area contributed by atoms with Gasteiger partial charge < -0.3 is 9.88 Å². The number of para-hydroxylation sites is 2. The molecule has 0 amide bonds. The summed E-state index contributed by atoms with van der Waals surface area (Å²) in [6.07, 6.45) is 1.56. The molecule has 2 aromatic rings. The highest BCUT2D eigenvalue weighted by Gasteiger charge is 2.25. The van der Waals surface area contributed by atoms with Gasteiger partial charge in [-0.1, -0.05) is 12.1 Å². The second-order valence-electron chi connectivity index (χ2n) is 5.00. The SMILES string of the molecule is Cn1c(CC(F)C2CCCN2)nc2ccccc21. The summed E-state index contributed by atoms with van der Waals surface area (Å²) in [4.78, 5) is 4.52. The van der Waals surface area contributed by atoms with Crippen molar-refractivity contribution < 1.29 is 4.39 Å². The van der Waals surface area contributed by atoms with Gasteiger partial charge in [0.1, 0.15) is 12.0 Å². The summed E-state index contributed by atoms with van der Waals surface area (Å²) < 4.78 is 16.2. The minimum absolute atomic E-state index is 0.00446. The number of halogens is 1. The fourth-order valence-corrected chi connectivity index (χ4v) is 2.71. The molecule has 2 atom stereocenters. The number of hydrogen-bond donors (Lipinski definition) is 1. The largest absolute Gasteiger partial charge is 0.331 e. The predicted octanol–water partition coefficient (Wildman–Crippen LogP) is 2.21. The molecule has 0 spiro atoms. The van der Waals surface area contributed by atoms with E-state index >= 15 is 0 Å². The van der Waals surface area contributed by atoms with Gasteiger partial charge in [0.15, 0.2) is 0 Å². The molecule has 1 aliphatic heterocycles. The van der Waals surface area contributed by atoms with E-state index in [1.807, 2.05) is 35.9 Å². The molecular weight excluding hydrogens is 229 g/mol. The highest BCUT2D eigenvalue weighted by atomic mass is 19.1. The zero-order chi connectivity index (χ0) is 12.5. The molecule has 96 valence electrons. The van der Waals surface area contributed by atoms with E-state index in [-0.39, 0.29) is 6.04 Å². The summed E-state index contributed by atoms with van der Waals surface area (Å²) in [5, 5.41) is 3.22. The number of rotatable bonds is 3. The van der Waals surface area contributed by atoms with E-state index in [0.717, 1.165) is 36.2 Å². The van der Waals surface area contributed by atoms with Gasteiger partial charge in [-0.25, -0.2) is 9.37 Å². The molecular formula is C14H18FN3. The lowest BCUT2D eigenvalue weighted by Gasteiger charge is -2.15. The van der Waals surface area contributed by atoms with Crippen LogP contribution in [0.1, 0.15) is 18.7 Å². The van der Waals surface area contributed by atoms with Gasteiger partial charge in [-0.3, -0.25) is 0 Å². The molecule has 18 heavy (non-hydrogen) atoms. The normalized spacial score (nSPS) is 21.6. The Morgan fingerprint density at radius 1 is 1.50 bits per heavy atom. The second-order valence-corrected chi connectivity index (χ2v) is 5.00. The van der Waals surface area contributed by atoms with Crippen LogP contribution in [0.3, 0.4) is 0 Å². The zero-order valence-corrected chi connectivity index (χ0v) is 10.6. The van der Waals surface area contributed by atoms with E-state index < -0.39 is 6.17 Å². The van der Waals surface area contributed by atoms with E-state index in [0.29, 0.717) is 6.42 Å². The minimum Gasteiger partial charge on any atom is -0.331 e. The lowest BCUT2D eigenvalue weighted by atomic mass is 10.1. The molecule has 1 aliphatic rings. The van der Waals surface area contributed by atoms with Crippen LogP contribution >= 0.6 is 0 Å². The van der Waals surface area contributed by atoms with Gasteiger partial charge in [0.05, 0.1) is 11.0 Å². The molecule has 3 nitrogen and oxygen atoms in total. The van der Waals surface area contributed by atoms with Gasteiger partial charge in [-0.2, -0.15) is 0 Å². The molecule has 1 aromatic carbocycles. The summed E-state index contributed by atoms with van der Waals surface area (Å²) in [5.41, 5.74) is 2.01. The highest BCUT2D eigenvalue weighted by molar-refractivity contribution is 5.75. The molecule has 1 N–H and O–H groups in total. The minimum atomic E-state index is -0.844.